The number of ether oxygens (including phenoxy) is 1. The van der Waals surface area contributed by atoms with Crippen molar-refractivity contribution in [2.75, 3.05) is 0 Å². The van der Waals surface area contributed by atoms with Crippen LogP contribution in [0, 0.1) is 0 Å². The van der Waals surface area contributed by atoms with Crippen molar-refractivity contribution in [2.45, 2.75) is 25.6 Å². The summed E-state index contributed by atoms with van der Waals surface area (Å²) in [5.41, 5.74) is 0. The lowest BCUT2D eigenvalue weighted by Gasteiger charge is -2.20. The third kappa shape index (κ3) is 3.17. The van der Waals surface area contributed by atoms with E-state index < -0.39 is 24.5 Å². The number of hydrogen-bond donors (Lipinski definition) is 0. The molecule has 0 aliphatic rings. The van der Waals surface area contributed by atoms with Crippen molar-refractivity contribution in [3.63, 3.8) is 0 Å². The first-order chi connectivity index (χ1) is 5.21. The lowest BCUT2D eigenvalue weighted by molar-refractivity contribution is -0.364. The minimum absolute atomic E-state index is 0.928. The zero-order valence-corrected chi connectivity index (χ0v) is 6.21. The van der Waals surface area contributed by atoms with Gasteiger partial charge in [-0.05, 0) is 0 Å². The highest BCUT2D eigenvalue weighted by Crippen LogP contribution is 2.33. The molecular formula is C6H7F5O. The summed E-state index contributed by atoms with van der Waals surface area (Å²) in [6.07, 6.45) is -9.63. The lowest BCUT2D eigenvalue weighted by atomic mass is 10.4. The second kappa shape index (κ2) is 3.38. The van der Waals surface area contributed by atoms with E-state index in [0.29, 0.717) is 0 Å². The Morgan fingerprint density at radius 1 is 1.33 bits per heavy atom. The van der Waals surface area contributed by atoms with E-state index in [1.165, 1.54) is 0 Å². The van der Waals surface area contributed by atoms with Crippen molar-refractivity contribution in [2.24, 2.45) is 0 Å². The molecule has 0 spiro atoms. The molecule has 12 heavy (non-hydrogen) atoms. The molecular weight excluding hydrogens is 183 g/mol. The van der Waals surface area contributed by atoms with Crippen LogP contribution in [0.2, 0.25) is 0 Å². The van der Waals surface area contributed by atoms with Gasteiger partial charge in [0.05, 0.1) is 0 Å². The Bertz CT molecular complexity index is 177. The van der Waals surface area contributed by atoms with Crippen molar-refractivity contribution in [3.8, 4) is 0 Å². The predicted octanol–water partition coefficient (Wildman–Crippen LogP) is 3.08. The van der Waals surface area contributed by atoms with E-state index in [1.54, 1.807) is 0 Å². The van der Waals surface area contributed by atoms with Crippen molar-refractivity contribution >= 4 is 0 Å². The van der Waals surface area contributed by atoms with Crippen LogP contribution in [0.1, 0.15) is 13.3 Å². The van der Waals surface area contributed by atoms with Crippen molar-refractivity contribution in [1.29, 1.82) is 0 Å². The van der Waals surface area contributed by atoms with Gasteiger partial charge in [-0.1, -0.05) is 13.5 Å². The van der Waals surface area contributed by atoms with E-state index in [2.05, 4.69) is 11.3 Å². The Morgan fingerprint density at radius 2 is 1.75 bits per heavy atom. The van der Waals surface area contributed by atoms with Crippen LogP contribution in [0.4, 0.5) is 22.0 Å². The number of halogens is 5. The first-order valence-corrected chi connectivity index (χ1v) is 3.02. The van der Waals surface area contributed by atoms with Crippen molar-refractivity contribution in [3.05, 3.63) is 12.4 Å². The lowest BCUT2D eigenvalue weighted by Crippen LogP contribution is -2.32. The molecule has 0 fully saturated rings. The van der Waals surface area contributed by atoms with Gasteiger partial charge in [0.2, 0.25) is 0 Å². The summed E-state index contributed by atoms with van der Waals surface area (Å²) in [5, 5.41) is 0. The quantitative estimate of drug-likeness (QED) is 0.619. The third-order valence-corrected chi connectivity index (χ3v) is 1.00. The highest BCUT2D eigenvalue weighted by atomic mass is 19.3. The summed E-state index contributed by atoms with van der Waals surface area (Å²) in [4.78, 5) is 0. The second-order valence-corrected chi connectivity index (χ2v) is 2.01. The van der Waals surface area contributed by atoms with Gasteiger partial charge in [0.1, 0.15) is 0 Å². The largest absolute Gasteiger partial charge is 0.413 e. The summed E-state index contributed by atoms with van der Waals surface area (Å²) in [5.74, 6) is -2.24. The molecule has 0 radical (unpaired) electrons. The number of hydrogen-bond acceptors (Lipinski definition) is 1. The summed E-state index contributed by atoms with van der Waals surface area (Å²) < 4.78 is 62.9. The molecule has 0 aliphatic heterocycles. The van der Waals surface area contributed by atoms with Crippen LogP contribution in [0.25, 0.3) is 0 Å². The topological polar surface area (TPSA) is 9.23 Å². The van der Waals surface area contributed by atoms with E-state index in [0.717, 1.165) is 6.92 Å². The molecule has 0 atom stereocenters. The van der Waals surface area contributed by atoms with Gasteiger partial charge >= 0.3 is 12.2 Å². The van der Waals surface area contributed by atoms with Crippen LogP contribution in [0.5, 0.6) is 0 Å². The fourth-order valence-electron chi connectivity index (χ4n) is 0.315. The number of alkyl halides is 4. The molecule has 0 aliphatic carbocycles. The molecule has 0 N–H and O–H groups in total. The smallest absolute Gasteiger partial charge is 0.249 e. The van der Waals surface area contributed by atoms with Crippen LogP contribution in [-0.4, -0.2) is 12.2 Å². The molecule has 1 nitrogen and oxygen atoms in total. The maximum Gasteiger partial charge on any atom is 0.413 e. The number of rotatable bonds is 4. The Labute approximate surface area is 65.8 Å². The van der Waals surface area contributed by atoms with Crippen molar-refractivity contribution < 1.29 is 26.7 Å². The van der Waals surface area contributed by atoms with Gasteiger partial charge in [0, 0.05) is 6.42 Å². The Balaban J connectivity index is 4.34. The standard InChI is InChI=1S/C6H7F5O/c1-3-5(8,9)12-6(10,11)4(2)7/h2-3H2,1H3. The molecule has 0 amide bonds. The molecule has 0 aromatic rings. The summed E-state index contributed by atoms with van der Waals surface area (Å²) in [6.45, 7) is 3.10. The molecule has 0 saturated heterocycles. The maximum absolute atomic E-state index is 12.1. The minimum atomic E-state index is -4.63. The second-order valence-electron chi connectivity index (χ2n) is 2.01. The van der Waals surface area contributed by atoms with Crippen LogP contribution in [0.15, 0.2) is 12.4 Å². The summed E-state index contributed by atoms with van der Waals surface area (Å²) in [7, 11) is 0. The van der Waals surface area contributed by atoms with E-state index >= 15 is 0 Å². The molecule has 0 heterocycles. The van der Waals surface area contributed by atoms with Crippen LogP contribution in [0.3, 0.4) is 0 Å². The fourth-order valence-corrected chi connectivity index (χ4v) is 0.315. The van der Waals surface area contributed by atoms with Gasteiger partial charge in [-0.15, -0.1) is 0 Å². The first-order valence-electron chi connectivity index (χ1n) is 3.02. The first kappa shape index (κ1) is 11.4. The average molecular weight is 190 g/mol. The van der Waals surface area contributed by atoms with Gasteiger partial charge in [0.15, 0.2) is 5.83 Å². The molecule has 0 aromatic carbocycles. The zero-order valence-electron chi connectivity index (χ0n) is 6.21. The maximum atomic E-state index is 12.1. The SMILES string of the molecule is C=C(F)C(F)(F)OC(F)(F)CC. The Hall–Kier alpha value is -0.650. The van der Waals surface area contributed by atoms with E-state index in [1.807, 2.05) is 0 Å². The van der Waals surface area contributed by atoms with Gasteiger partial charge in [-0.2, -0.15) is 17.6 Å². The van der Waals surface area contributed by atoms with Crippen molar-refractivity contribution in [1.82, 2.24) is 0 Å². The molecule has 72 valence electrons. The highest BCUT2D eigenvalue weighted by molar-refractivity contribution is 4.91. The molecule has 0 saturated carbocycles. The van der Waals surface area contributed by atoms with Crippen LogP contribution in [-0.2, 0) is 4.74 Å². The monoisotopic (exact) mass is 190 g/mol. The van der Waals surface area contributed by atoms with Gasteiger partial charge in [-0.3, -0.25) is 0 Å². The van der Waals surface area contributed by atoms with Gasteiger partial charge in [0.25, 0.3) is 0 Å². The molecule has 0 bridgehead atoms. The van der Waals surface area contributed by atoms with Gasteiger partial charge in [-0.25, -0.2) is 9.13 Å². The predicted molar refractivity (Wildman–Crippen MR) is 31.5 cm³/mol. The molecule has 0 rings (SSSR count). The molecule has 0 unspecified atom stereocenters. The Morgan fingerprint density at radius 3 is 2.00 bits per heavy atom. The summed E-state index contributed by atoms with van der Waals surface area (Å²) in [6, 6.07) is 0. The van der Waals surface area contributed by atoms with Crippen LogP contribution >= 0.6 is 0 Å². The van der Waals surface area contributed by atoms with E-state index in [4.69, 9.17) is 0 Å². The van der Waals surface area contributed by atoms with Crippen LogP contribution < -0.4 is 0 Å². The third-order valence-electron chi connectivity index (χ3n) is 1.00. The normalized spacial score (nSPS) is 13.2. The molecule has 0 aromatic heterocycles. The summed E-state index contributed by atoms with van der Waals surface area (Å²) >= 11 is 0. The zero-order chi connectivity index (χ0) is 9.99. The van der Waals surface area contributed by atoms with E-state index in [9.17, 15) is 22.0 Å². The Kier molecular flexibility index (Phi) is 3.20. The highest BCUT2D eigenvalue weighted by Gasteiger charge is 2.45. The molecule has 6 heteroatoms. The average Bonchev–Trinajstić information content (AvgIpc) is 1.85. The fraction of sp³-hybridized carbons (Fsp3) is 0.667. The minimum Gasteiger partial charge on any atom is -0.249 e. The van der Waals surface area contributed by atoms with Gasteiger partial charge < -0.3 is 0 Å². The van der Waals surface area contributed by atoms with E-state index in [-0.39, 0.29) is 0 Å².